The van der Waals surface area contributed by atoms with Gasteiger partial charge in [0.05, 0.1) is 11.3 Å². The molecule has 32 heavy (non-hydrogen) atoms. The zero-order chi connectivity index (χ0) is 23.8. The smallest absolute Gasteiger partial charge is 0.166 e. The van der Waals surface area contributed by atoms with Gasteiger partial charge in [-0.05, 0) is 65.0 Å². The molecule has 1 N–H and O–H groups in total. The number of benzene rings is 1. The number of Topliss-reactive ketones (excluding diaryl/α,β-unsaturated/α-hetero) is 1. The number of aryl methyl sites for hydroxylation is 1. The normalized spacial score (nSPS) is 15.3. The van der Waals surface area contributed by atoms with Gasteiger partial charge in [0, 0.05) is 30.2 Å². The van der Waals surface area contributed by atoms with Gasteiger partial charge in [-0.25, -0.2) is 0 Å². The van der Waals surface area contributed by atoms with E-state index in [0.29, 0.717) is 30.4 Å². The van der Waals surface area contributed by atoms with E-state index in [1.165, 1.54) is 16.7 Å². The highest BCUT2D eigenvalue weighted by Gasteiger charge is 2.29. The maximum Gasteiger partial charge on any atom is 0.166 e. The van der Waals surface area contributed by atoms with Crippen LogP contribution in [-0.2, 0) is 15.6 Å². The number of aliphatic hydroxyl groups is 1. The van der Waals surface area contributed by atoms with Crippen molar-refractivity contribution in [1.82, 2.24) is 4.98 Å². The van der Waals surface area contributed by atoms with Crippen LogP contribution in [0.2, 0.25) is 0 Å². The van der Waals surface area contributed by atoms with Crippen molar-refractivity contribution >= 4 is 16.9 Å². The molecule has 0 unspecified atom stereocenters. The van der Waals surface area contributed by atoms with Crippen molar-refractivity contribution in [3.8, 4) is 0 Å². The van der Waals surface area contributed by atoms with Crippen molar-refractivity contribution in [2.45, 2.75) is 85.0 Å². The maximum atomic E-state index is 12.3. The SMILES string of the molecule is C=C(c1ccc(C2=C(O)CCCC2=O)cn1)c1cc(C(C)(C)CC)c(C(C)(C)C)cc1C. The third-order valence-electron chi connectivity index (χ3n) is 6.86. The first kappa shape index (κ1) is 24.0. The first-order valence-electron chi connectivity index (χ1n) is 11.6. The quantitative estimate of drug-likeness (QED) is 0.534. The summed E-state index contributed by atoms with van der Waals surface area (Å²) in [6.45, 7) is 20.1. The zero-order valence-electron chi connectivity index (χ0n) is 20.7. The number of allylic oxidation sites excluding steroid dienone is 2. The summed E-state index contributed by atoms with van der Waals surface area (Å²) in [5, 5.41) is 10.2. The summed E-state index contributed by atoms with van der Waals surface area (Å²) < 4.78 is 0. The van der Waals surface area contributed by atoms with Crippen LogP contribution in [0.5, 0.6) is 0 Å². The molecule has 3 rings (SSSR count). The van der Waals surface area contributed by atoms with Gasteiger partial charge in [-0.2, -0.15) is 0 Å². The fourth-order valence-electron chi connectivity index (χ4n) is 4.42. The second-order valence-corrected chi connectivity index (χ2v) is 10.7. The van der Waals surface area contributed by atoms with E-state index in [0.717, 1.165) is 23.3 Å². The van der Waals surface area contributed by atoms with Crippen LogP contribution in [0.1, 0.15) is 101 Å². The summed E-state index contributed by atoms with van der Waals surface area (Å²) in [7, 11) is 0. The largest absolute Gasteiger partial charge is 0.512 e. The molecular formula is C29H37NO2. The van der Waals surface area contributed by atoms with Crippen molar-refractivity contribution in [3.05, 3.63) is 76.3 Å². The van der Waals surface area contributed by atoms with E-state index in [1.54, 1.807) is 6.20 Å². The number of carbonyl (C=O) groups excluding carboxylic acids is 1. The number of aromatic nitrogens is 1. The molecule has 0 atom stereocenters. The van der Waals surface area contributed by atoms with Crippen LogP contribution in [0.15, 0.2) is 42.8 Å². The van der Waals surface area contributed by atoms with Crippen LogP contribution >= 0.6 is 0 Å². The molecule has 1 heterocycles. The fourth-order valence-corrected chi connectivity index (χ4v) is 4.42. The highest BCUT2D eigenvalue weighted by atomic mass is 16.3. The number of pyridine rings is 1. The van der Waals surface area contributed by atoms with Gasteiger partial charge in [-0.1, -0.05) is 60.3 Å². The van der Waals surface area contributed by atoms with Gasteiger partial charge in [0.2, 0.25) is 0 Å². The molecular weight excluding hydrogens is 394 g/mol. The molecule has 0 aliphatic heterocycles. The molecule has 170 valence electrons. The molecule has 1 aliphatic carbocycles. The van der Waals surface area contributed by atoms with Gasteiger partial charge in [-0.15, -0.1) is 0 Å². The van der Waals surface area contributed by atoms with Gasteiger partial charge < -0.3 is 5.11 Å². The molecule has 0 bridgehead atoms. The van der Waals surface area contributed by atoms with Gasteiger partial charge in [-0.3, -0.25) is 9.78 Å². The molecule has 0 radical (unpaired) electrons. The van der Waals surface area contributed by atoms with Crippen molar-refractivity contribution < 1.29 is 9.90 Å². The predicted molar refractivity (Wildman–Crippen MR) is 134 cm³/mol. The lowest BCUT2D eigenvalue weighted by molar-refractivity contribution is -0.114. The van der Waals surface area contributed by atoms with Crippen LogP contribution in [0.4, 0.5) is 0 Å². The number of rotatable bonds is 5. The van der Waals surface area contributed by atoms with Crippen LogP contribution in [-0.4, -0.2) is 15.9 Å². The lowest BCUT2D eigenvalue weighted by atomic mass is 9.71. The average molecular weight is 432 g/mol. The lowest BCUT2D eigenvalue weighted by Gasteiger charge is -2.33. The third kappa shape index (κ3) is 4.57. The molecule has 3 nitrogen and oxygen atoms in total. The second kappa shape index (κ2) is 8.69. The van der Waals surface area contributed by atoms with Gasteiger partial charge in [0.25, 0.3) is 0 Å². The summed E-state index contributed by atoms with van der Waals surface area (Å²) in [5.41, 5.74) is 7.86. The topological polar surface area (TPSA) is 50.2 Å². The van der Waals surface area contributed by atoms with Crippen molar-refractivity contribution in [1.29, 1.82) is 0 Å². The lowest BCUT2D eigenvalue weighted by Crippen LogP contribution is -2.24. The van der Waals surface area contributed by atoms with E-state index in [9.17, 15) is 9.90 Å². The number of hydrogen-bond donors (Lipinski definition) is 1. The van der Waals surface area contributed by atoms with E-state index in [2.05, 4.69) is 72.2 Å². The zero-order valence-corrected chi connectivity index (χ0v) is 20.7. The Morgan fingerprint density at radius 1 is 1.09 bits per heavy atom. The van der Waals surface area contributed by atoms with E-state index in [-0.39, 0.29) is 22.4 Å². The first-order valence-corrected chi connectivity index (χ1v) is 11.6. The van der Waals surface area contributed by atoms with E-state index in [4.69, 9.17) is 0 Å². The Morgan fingerprint density at radius 2 is 1.78 bits per heavy atom. The minimum Gasteiger partial charge on any atom is -0.512 e. The fraction of sp³-hybridized carbons (Fsp3) is 0.448. The number of carbonyl (C=O) groups is 1. The summed E-state index contributed by atoms with van der Waals surface area (Å²) in [6.07, 6.45) is 4.46. The van der Waals surface area contributed by atoms with E-state index >= 15 is 0 Å². The third-order valence-corrected chi connectivity index (χ3v) is 6.86. The van der Waals surface area contributed by atoms with Gasteiger partial charge in [0.1, 0.15) is 5.76 Å². The standard InChI is InChI=1S/C29H37NO2/c1-9-29(7,8)23-16-21(18(2)15-22(23)28(4,5)6)19(3)24-14-13-20(17-30-24)27-25(31)11-10-12-26(27)32/h13-17,31H,3,9-12H2,1-2,4-8H3. The molecule has 0 spiro atoms. The Labute approximate surface area is 193 Å². The second-order valence-electron chi connectivity index (χ2n) is 10.7. The first-order chi connectivity index (χ1) is 14.9. The molecule has 1 aromatic carbocycles. The van der Waals surface area contributed by atoms with Crippen molar-refractivity contribution in [2.24, 2.45) is 0 Å². The molecule has 0 saturated heterocycles. The molecule has 1 aliphatic rings. The molecule has 3 heteroatoms. The van der Waals surface area contributed by atoms with E-state index in [1.807, 2.05) is 12.1 Å². The van der Waals surface area contributed by atoms with Crippen LogP contribution in [0, 0.1) is 6.92 Å². The van der Waals surface area contributed by atoms with Crippen LogP contribution < -0.4 is 0 Å². The average Bonchev–Trinajstić information content (AvgIpc) is 2.72. The van der Waals surface area contributed by atoms with Crippen LogP contribution in [0.3, 0.4) is 0 Å². The van der Waals surface area contributed by atoms with Crippen LogP contribution in [0.25, 0.3) is 11.1 Å². The highest BCUT2D eigenvalue weighted by Crippen LogP contribution is 2.39. The molecule has 0 amide bonds. The Kier molecular flexibility index (Phi) is 6.51. The van der Waals surface area contributed by atoms with Crippen molar-refractivity contribution in [2.75, 3.05) is 0 Å². The Morgan fingerprint density at radius 3 is 2.31 bits per heavy atom. The number of nitrogens with zero attached hydrogens (tertiary/aromatic N) is 1. The van der Waals surface area contributed by atoms with Crippen molar-refractivity contribution in [3.63, 3.8) is 0 Å². The van der Waals surface area contributed by atoms with E-state index < -0.39 is 0 Å². The summed E-state index contributed by atoms with van der Waals surface area (Å²) >= 11 is 0. The molecule has 0 fully saturated rings. The minimum absolute atomic E-state index is 0.0119. The Balaban J connectivity index is 2.04. The Bertz CT molecular complexity index is 1080. The minimum atomic E-state index is -0.0119. The predicted octanol–water partition coefficient (Wildman–Crippen LogP) is 7.46. The molecule has 2 aromatic rings. The number of hydrogen-bond acceptors (Lipinski definition) is 3. The van der Waals surface area contributed by atoms with Gasteiger partial charge >= 0.3 is 0 Å². The molecule has 1 aromatic heterocycles. The highest BCUT2D eigenvalue weighted by molar-refractivity contribution is 6.21. The maximum absolute atomic E-state index is 12.3. The Hall–Kier alpha value is -2.68. The monoisotopic (exact) mass is 431 g/mol. The summed E-state index contributed by atoms with van der Waals surface area (Å²) in [5.74, 6) is 0.164. The number of ketones is 1. The van der Waals surface area contributed by atoms with Gasteiger partial charge in [0.15, 0.2) is 5.78 Å². The summed E-state index contributed by atoms with van der Waals surface area (Å²) in [4.78, 5) is 16.9. The summed E-state index contributed by atoms with van der Waals surface area (Å²) in [6, 6.07) is 8.39. The molecule has 0 saturated carbocycles. The number of aliphatic hydroxyl groups excluding tert-OH is 1.